The van der Waals surface area contributed by atoms with Gasteiger partial charge in [0.2, 0.25) is 0 Å². The number of para-hydroxylation sites is 1. The van der Waals surface area contributed by atoms with Gasteiger partial charge in [-0.3, -0.25) is 0 Å². The zero-order chi connectivity index (χ0) is 36.8. The van der Waals surface area contributed by atoms with Gasteiger partial charge in [0.05, 0.1) is 27.8 Å². The van der Waals surface area contributed by atoms with Crippen LogP contribution in [-0.2, 0) is 5.41 Å². The van der Waals surface area contributed by atoms with Gasteiger partial charge in [-0.1, -0.05) is 176 Å². The molecular formula is C53H33N3. The lowest BCUT2D eigenvalue weighted by Gasteiger charge is -2.30. The van der Waals surface area contributed by atoms with Crippen LogP contribution in [0.3, 0.4) is 0 Å². The Morgan fingerprint density at radius 3 is 1.55 bits per heavy atom. The van der Waals surface area contributed by atoms with Crippen LogP contribution < -0.4 is 0 Å². The molecule has 0 saturated carbocycles. The summed E-state index contributed by atoms with van der Waals surface area (Å²) in [6.45, 7) is 0. The molecule has 12 rings (SSSR count). The van der Waals surface area contributed by atoms with E-state index in [1.807, 2.05) is 24.3 Å². The van der Waals surface area contributed by atoms with Crippen molar-refractivity contribution in [1.82, 2.24) is 14.5 Å². The number of aromatic nitrogens is 3. The van der Waals surface area contributed by atoms with Crippen molar-refractivity contribution in [1.29, 1.82) is 0 Å². The highest BCUT2D eigenvalue weighted by atomic mass is 15.0. The average Bonchev–Trinajstić information content (AvgIpc) is 3.89. The van der Waals surface area contributed by atoms with Crippen LogP contribution in [0.5, 0.6) is 0 Å². The van der Waals surface area contributed by atoms with Gasteiger partial charge in [-0.2, -0.15) is 0 Å². The molecule has 0 aliphatic heterocycles. The van der Waals surface area contributed by atoms with Gasteiger partial charge in [0.1, 0.15) is 0 Å². The molecule has 0 unspecified atom stereocenters. The molecule has 2 aliphatic carbocycles. The molecule has 0 saturated heterocycles. The summed E-state index contributed by atoms with van der Waals surface area (Å²) in [4.78, 5) is 10.1. The standard InChI is InChI=1S/C53H33N3/c1-3-15-34(16-4-1)47-33-48(55-52(54-47)36-17-5-2-6-18-36)35-27-29-37(30-28-35)56-49-26-14-10-21-40(49)41-31-32-46-50(51(41)56)42-22-9-13-25-45(42)53(46)43-23-11-7-19-38(43)39-20-8-12-24-44(39)53/h1-33H. The molecule has 0 atom stereocenters. The summed E-state index contributed by atoms with van der Waals surface area (Å²) >= 11 is 0. The summed E-state index contributed by atoms with van der Waals surface area (Å²) in [5.41, 5.74) is 18.7. The molecule has 0 N–H and O–H groups in total. The van der Waals surface area contributed by atoms with Crippen molar-refractivity contribution in [3.63, 3.8) is 0 Å². The lowest BCUT2D eigenvalue weighted by atomic mass is 9.70. The molecular weight excluding hydrogens is 679 g/mol. The molecule has 56 heavy (non-hydrogen) atoms. The summed E-state index contributed by atoms with van der Waals surface area (Å²) in [6, 6.07) is 72.4. The first kappa shape index (κ1) is 31.0. The van der Waals surface area contributed by atoms with Gasteiger partial charge in [-0.15, -0.1) is 0 Å². The first-order valence-electron chi connectivity index (χ1n) is 19.3. The van der Waals surface area contributed by atoms with E-state index in [2.05, 4.69) is 180 Å². The molecule has 2 heterocycles. The maximum Gasteiger partial charge on any atom is 0.160 e. The topological polar surface area (TPSA) is 30.7 Å². The molecule has 0 radical (unpaired) electrons. The van der Waals surface area contributed by atoms with E-state index in [0.29, 0.717) is 5.82 Å². The number of fused-ring (bicyclic) bond motifs is 14. The highest BCUT2D eigenvalue weighted by Gasteiger charge is 2.52. The maximum absolute atomic E-state index is 5.12. The lowest BCUT2D eigenvalue weighted by molar-refractivity contribution is 0.794. The van der Waals surface area contributed by atoms with Gasteiger partial charge in [-0.25, -0.2) is 9.97 Å². The van der Waals surface area contributed by atoms with Gasteiger partial charge in [0.15, 0.2) is 5.82 Å². The molecule has 10 aromatic rings. The highest BCUT2D eigenvalue weighted by molar-refractivity contribution is 6.16. The molecule has 3 nitrogen and oxygen atoms in total. The van der Waals surface area contributed by atoms with Crippen molar-refractivity contribution in [3.8, 4) is 61.8 Å². The van der Waals surface area contributed by atoms with E-state index in [1.54, 1.807) is 0 Å². The van der Waals surface area contributed by atoms with Crippen LogP contribution in [0.2, 0.25) is 0 Å². The van der Waals surface area contributed by atoms with Crippen LogP contribution in [0.1, 0.15) is 22.3 Å². The monoisotopic (exact) mass is 711 g/mol. The van der Waals surface area contributed by atoms with Crippen LogP contribution in [0.4, 0.5) is 0 Å². The molecule has 8 aromatic carbocycles. The summed E-state index contributed by atoms with van der Waals surface area (Å²) in [5.74, 6) is 0.714. The number of rotatable bonds is 4. The third kappa shape index (κ3) is 4.22. The predicted molar refractivity (Wildman–Crippen MR) is 229 cm³/mol. The van der Waals surface area contributed by atoms with Crippen LogP contribution >= 0.6 is 0 Å². The normalized spacial score (nSPS) is 13.1. The Balaban J connectivity index is 1.09. The van der Waals surface area contributed by atoms with E-state index in [0.717, 1.165) is 33.8 Å². The zero-order valence-electron chi connectivity index (χ0n) is 30.4. The van der Waals surface area contributed by atoms with E-state index in [4.69, 9.17) is 9.97 Å². The van der Waals surface area contributed by atoms with Crippen molar-refractivity contribution in [2.45, 2.75) is 5.41 Å². The van der Waals surface area contributed by atoms with Gasteiger partial charge in [0.25, 0.3) is 0 Å². The fourth-order valence-corrected chi connectivity index (χ4v) is 9.75. The number of nitrogens with zero attached hydrogens (tertiary/aromatic N) is 3. The average molecular weight is 712 g/mol. The first-order valence-corrected chi connectivity index (χ1v) is 19.3. The fraction of sp³-hybridized carbons (Fsp3) is 0.0189. The number of hydrogen-bond donors (Lipinski definition) is 0. The van der Waals surface area contributed by atoms with Crippen molar-refractivity contribution in [3.05, 3.63) is 222 Å². The Hall–Kier alpha value is -7.36. The van der Waals surface area contributed by atoms with Gasteiger partial charge >= 0.3 is 0 Å². The SMILES string of the molecule is c1ccc(-c2cc(-c3ccc(-n4c5ccccc5c5ccc6c(c54)-c4ccccc4C64c5ccccc5-c5ccccc54)cc3)nc(-c3ccccc3)n2)cc1. The predicted octanol–water partition coefficient (Wildman–Crippen LogP) is 12.9. The van der Waals surface area contributed by atoms with E-state index in [9.17, 15) is 0 Å². The minimum atomic E-state index is -0.404. The number of benzene rings is 8. The highest BCUT2D eigenvalue weighted by Crippen LogP contribution is 2.64. The van der Waals surface area contributed by atoms with E-state index in [-0.39, 0.29) is 0 Å². The fourth-order valence-electron chi connectivity index (χ4n) is 9.75. The van der Waals surface area contributed by atoms with Crippen LogP contribution in [0, 0.1) is 0 Å². The van der Waals surface area contributed by atoms with Crippen molar-refractivity contribution in [2.75, 3.05) is 0 Å². The molecule has 0 amide bonds. The van der Waals surface area contributed by atoms with Gasteiger partial charge in [0, 0.05) is 38.7 Å². The summed E-state index contributed by atoms with van der Waals surface area (Å²) < 4.78 is 2.49. The van der Waals surface area contributed by atoms with Crippen LogP contribution in [0.15, 0.2) is 200 Å². The minimum absolute atomic E-state index is 0.404. The van der Waals surface area contributed by atoms with Gasteiger partial charge < -0.3 is 4.57 Å². The van der Waals surface area contributed by atoms with Crippen molar-refractivity contribution < 1.29 is 0 Å². The van der Waals surface area contributed by atoms with E-state index in [1.165, 1.54) is 66.3 Å². The van der Waals surface area contributed by atoms with Crippen molar-refractivity contribution >= 4 is 21.8 Å². The van der Waals surface area contributed by atoms with Crippen LogP contribution in [-0.4, -0.2) is 14.5 Å². The first-order chi connectivity index (χ1) is 27.8. The second-order valence-electron chi connectivity index (χ2n) is 14.9. The smallest absolute Gasteiger partial charge is 0.160 e. The quantitative estimate of drug-likeness (QED) is 0.182. The Kier molecular flexibility index (Phi) is 6.55. The largest absolute Gasteiger partial charge is 0.309 e. The Labute approximate surface area is 324 Å². The van der Waals surface area contributed by atoms with Gasteiger partial charge in [-0.05, 0) is 63.2 Å². The molecule has 2 aromatic heterocycles. The lowest BCUT2D eigenvalue weighted by Crippen LogP contribution is -2.25. The maximum atomic E-state index is 5.12. The molecule has 0 fully saturated rings. The summed E-state index contributed by atoms with van der Waals surface area (Å²) in [6.07, 6.45) is 0. The minimum Gasteiger partial charge on any atom is -0.309 e. The molecule has 2 aliphatic rings. The second kappa shape index (κ2) is 11.8. The van der Waals surface area contributed by atoms with Crippen molar-refractivity contribution in [2.24, 2.45) is 0 Å². The summed E-state index contributed by atoms with van der Waals surface area (Å²) in [7, 11) is 0. The third-order valence-electron chi connectivity index (χ3n) is 12.0. The molecule has 260 valence electrons. The third-order valence-corrected chi connectivity index (χ3v) is 12.0. The second-order valence-corrected chi connectivity index (χ2v) is 14.9. The molecule has 1 spiro atoms. The Bertz CT molecular complexity index is 3070. The molecule has 3 heteroatoms. The Morgan fingerprint density at radius 2 is 0.893 bits per heavy atom. The Morgan fingerprint density at radius 1 is 0.375 bits per heavy atom. The van der Waals surface area contributed by atoms with Crippen LogP contribution in [0.25, 0.3) is 83.6 Å². The van der Waals surface area contributed by atoms with E-state index >= 15 is 0 Å². The summed E-state index contributed by atoms with van der Waals surface area (Å²) in [5, 5.41) is 2.50. The zero-order valence-corrected chi connectivity index (χ0v) is 30.4. The molecule has 0 bridgehead atoms. The van der Waals surface area contributed by atoms with E-state index < -0.39 is 5.41 Å². The number of hydrogen-bond acceptors (Lipinski definition) is 2.